The molecular formula is C19H31Cl2N3O2. The second-order valence-electron chi connectivity index (χ2n) is 6.87. The molecule has 2 heterocycles. The Morgan fingerprint density at radius 2 is 2.08 bits per heavy atom. The summed E-state index contributed by atoms with van der Waals surface area (Å²) >= 11 is 0. The highest BCUT2D eigenvalue weighted by Crippen LogP contribution is 2.14. The summed E-state index contributed by atoms with van der Waals surface area (Å²) in [5.74, 6) is 0.734. The quantitative estimate of drug-likeness (QED) is 0.764. The molecule has 2 aliphatic heterocycles. The maximum Gasteiger partial charge on any atom is 0.250 e. The molecule has 2 aliphatic rings. The Hall–Kier alpha value is -0.850. The number of amides is 1. The number of carbonyl (C=O) groups excluding carboxylic acids is 1. The van der Waals surface area contributed by atoms with E-state index in [0.717, 1.165) is 39.1 Å². The first-order valence-corrected chi connectivity index (χ1v) is 9.17. The number of halogens is 2. The van der Waals surface area contributed by atoms with E-state index >= 15 is 0 Å². The van der Waals surface area contributed by atoms with Crippen molar-refractivity contribution in [2.75, 3.05) is 39.3 Å². The van der Waals surface area contributed by atoms with Gasteiger partial charge < -0.3 is 15.4 Å². The van der Waals surface area contributed by atoms with Crippen LogP contribution in [0.25, 0.3) is 0 Å². The molecule has 0 saturated carbocycles. The SMILES string of the molecule is Cl.Cl.O=C(NCCC1CCCNC1)C1CN(Cc2ccccc2)CCO1. The summed E-state index contributed by atoms with van der Waals surface area (Å²) in [5, 5.41) is 6.49. The van der Waals surface area contributed by atoms with Crippen LogP contribution in [0, 0.1) is 5.92 Å². The Morgan fingerprint density at radius 1 is 1.27 bits per heavy atom. The van der Waals surface area contributed by atoms with Crippen molar-refractivity contribution in [3.05, 3.63) is 35.9 Å². The summed E-state index contributed by atoms with van der Waals surface area (Å²) < 4.78 is 5.68. The third-order valence-electron chi connectivity index (χ3n) is 4.94. The highest BCUT2D eigenvalue weighted by Gasteiger charge is 2.26. The largest absolute Gasteiger partial charge is 0.366 e. The summed E-state index contributed by atoms with van der Waals surface area (Å²) in [7, 11) is 0. The van der Waals surface area contributed by atoms with Gasteiger partial charge in [0.25, 0.3) is 0 Å². The number of piperidine rings is 1. The van der Waals surface area contributed by atoms with Crippen LogP contribution >= 0.6 is 24.8 Å². The molecule has 0 radical (unpaired) electrons. The first kappa shape index (κ1) is 23.2. The first-order valence-electron chi connectivity index (χ1n) is 9.17. The molecule has 2 atom stereocenters. The zero-order valence-corrected chi connectivity index (χ0v) is 16.8. The van der Waals surface area contributed by atoms with E-state index < -0.39 is 0 Å². The number of hydrogen-bond donors (Lipinski definition) is 2. The van der Waals surface area contributed by atoms with Crippen LogP contribution in [-0.4, -0.2) is 56.2 Å². The lowest BCUT2D eigenvalue weighted by Crippen LogP contribution is -2.49. The molecular weight excluding hydrogens is 373 g/mol. The number of ether oxygens (including phenoxy) is 1. The Bertz CT molecular complexity index is 513. The molecule has 26 heavy (non-hydrogen) atoms. The van der Waals surface area contributed by atoms with Gasteiger partial charge >= 0.3 is 0 Å². The smallest absolute Gasteiger partial charge is 0.250 e. The highest BCUT2D eigenvalue weighted by atomic mass is 35.5. The first-order chi connectivity index (χ1) is 11.8. The van der Waals surface area contributed by atoms with Gasteiger partial charge in [0.2, 0.25) is 5.91 Å². The predicted octanol–water partition coefficient (Wildman–Crippen LogP) is 2.24. The lowest BCUT2D eigenvalue weighted by molar-refractivity contribution is -0.138. The van der Waals surface area contributed by atoms with Crippen LogP contribution in [0.5, 0.6) is 0 Å². The topological polar surface area (TPSA) is 53.6 Å². The second-order valence-corrected chi connectivity index (χ2v) is 6.87. The summed E-state index contributed by atoms with van der Waals surface area (Å²) in [6, 6.07) is 10.4. The van der Waals surface area contributed by atoms with Gasteiger partial charge in [-0.2, -0.15) is 0 Å². The van der Waals surface area contributed by atoms with E-state index in [2.05, 4.69) is 39.8 Å². The minimum Gasteiger partial charge on any atom is -0.366 e. The summed E-state index contributed by atoms with van der Waals surface area (Å²) in [6.07, 6.45) is 3.23. The average molecular weight is 404 g/mol. The highest BCUT2D eigenvalue weighted by molar-refractivity contribution is 5.85. The summed E-state index contributed by atoms with van der Waals surface area (Å²) in [4.78, 5) is 14.7. The molecule has 0 spiro atoms. The second kappa shape index (κ2) is 12.5. The zero-order valence-electron chi connectivity index (χ0n) is 15.2. The van der Waals surface area contributed by atoms with Crippen molar-refractivity contribution in [3.63, 3.8) is 0 Å². The molecule has 2 fully saturated rings. The van der Waals surface area contributed by atoms with Crippen molar-refractivity contribution in [1.82, 2.24) is 15.5 Å². The van der Waals surface area contributed by atoms with Gasteiger partial charge in [0.1, 0.15) is 6.10 Å². The van der Waals surface area contributed by atoms with E-state index in [1.165, 1.54) is 18.4 Å². The molecule has 0 aliphatic carbocycles. The molecule has 148 valence electrons. The molecule has 0 bridgehead atoms. The van der Waals surface area contributed by atoms with E-state index in [-0.39, 0.29) is 36.8 Å². The van der Waals surface area contributed by atoms with E-state index in [4.69, 9.17) is 4.74 Å². The maximum absolute atomic E-state index is 12.4. The van der Waals surface area contributed by atoms with Crippen LogP contribution in [0.1, 0.15) is 24.8 Å². The van der Waals surface area contributed by atoms with Gasteiger partial charge in [-0.05, 0) is 43.8 Å². The molecule has 5 nitrogen and oxygen atoms in total. The average Bonchev–Trinajstić information content (AvgIpc) is 2.64. The van der Waals surface area contributed by atoms with Crippen LogP contribution in [0.2, 0.25) is 0 Å². The van der Waals surface area contributed by atoms with Crippen LogP contribution in [-0.2, 0) is 16.1 Å². The number of benzene rings is 1. The fraction of sp³-hybridized carbons (Fsp3) is 0.632. The van der Waals surface area contributed by atoms with Crippen LogP contribution in [0.3, 0.4) is 0 Å². The molecule has 1 amide bonds. The molecule has 3 rings (SSSR count). The van der Waals surface area contributed by atoms with E-state index in [1.54, 1.807) is 0 Å². The fourth-order valence-corrected chi connectivity index (χ4v) is 3.53. The Morgan fingerprint density at radius 3 is 2.81 bits per heavy atom. The minimum absolute atomic E-state index is 0. The molecule has 0 aromatic heterocycles. The van der Waals surface area contributed by atoms with Crippen molar-refractivity contribution < 1.29 is 9.53 Å². The number of rotatable bonds is 6. The van der Waals surface area contributed by atoms with E-state index in [0.29, 0.717) is 19.1 Å². The van der Waals surface area contributed by atoms with Crippen molar-refractivity contribution in [2.24, 2.45) is 5.92 Å². The van der Waals surface area contributed by atoms with Crippen molar-refractivity contribution in [2.45, 2.75) is 31.9 Å². The number of carbonyl (C=O) groups is 1. The molecule has 2 unspecified atom stereocenters. The molecule has 2 N–H and O–H groups in total. The van der Waals surface area contributed by atoms with Crippen LogP contribution in [0.15, 0.2) is 30.3 Å². The number of morpholine rings is 1. The number of nitrogens with one attached hydrogen (secondary N) is 2. The zero-order chi connectivity index (χ0) is 16.6. The van der Waals surface area contributed by atoms with Gasteiger partial charge in [0.15, 0.2) is 0 Å². The lowest BCUT2D eigenvalue weighted by Gasteiger charge is -2.32. The maximum atomic E-state index is 12.4. The predicted molar refractivity (Wildman–Crippen MR) is 109 cm³/mol. The third-order valence-corrected chi connectivity index (χ3v) is 4.94. The Balaban J connectivity index is 0.00000169. The lowest BCUT2D eigenvalue weighted by atomic mass is 9.96. The Kier molecular flexibility index (Phi) is 11.2. The van der Waals surface area contributed by atoms with Crippen molar-refractivity contribution in [1.29, 1.82) is 0 Å². The molecule has 7 heteroatoms. The van der Waals surface area contributed by atoms with Gasteiger partial charge in [-0.25, -0.2) is 0 Å². The van der Waals surface area contributed by atoms with Crippen molar-refractivity contribution >= 4 is 30.7 Å². The van der Waals surface area contributed by atoms with Gasteiger partial charge in [-0.3, -0.25) is 9.69 Å². The standard InChI is InChI=1S/C19H29N3O2.2ClH/c23-19(21-10-8-16-7-4-9-20-13-16)18-15-22(11-12-24-18)14-17-5-2-1-3-6-17;;/h1-3,5-6,16,18,20H,4,7-15H2,(H,21,23);2*1H. The summed E-state index contributed by atoms with van der Waals surface area (Å²) in [6.45, 7) is 6.03. The normalized spacial score (nSPS) is 23.4. The third kappa shape index (κ3) is 7.41. The van der Waals surface area contributed by atoms with Gasteiger partial charge in [-0.1, -0.05) is 30.3 Å². The molecule has 1 aromatic rings. The number of nitrogens with zero attached hydrogens (tertiary/aromatic N) is 1. The van der Waals surface area contributed by atoms with E-state index in [1.807, 2.05) is 6.07 Å². The van der Waals surface area contributed by atoms with Crippen molar-refractivity contribution in [3.8, 4) is 0 Å². The van der Waals surface area contributed by atoms with E-state index in [9.17, 15) is 4.79 Å². The van der Waals surface area contributed by atoms with Crippen LogP contribution < -0.4 is 10.6 Å². The van der Waals surface area contributed by atoms with Gasteiger partial charge in [-0.15, -0.1) is 24.8 Å². The van der Waals surface area contributed by atoms with Gasteiger partial charge in [0.05, 0.1) is 6.61 Å². The molecule has 2 saturated heterocycles. The Labute approximate surface area is 169 Å². The fourth-order valence-electron chi connectivity index (χ4n) is 3.53. The number of hydrogen-bond acceptors (Lipinski definition) is 4. The molecule has 1 aromatic carbocycles. The summed E-state index contributed by atoms with van der Waals surface area (Å²) in [5.41, 5.74) is 1.28. The minimum atomic E-state index is -0.341. The van der Waals surface area contributed by atoms with Gasteiger partial charge in [0, 0.05) is 26.2 Å². The monoisotopic (exact) mass is 403 g/mol. The van der Waals surface area contributed by atoms with Crippen LogP contribution in [0.4, 0.5) is 0 Å².